The quantitative estimate of drug-likeness (QED) is 0.344. The Morgan fingerprint density at radius 1 is 0.971 bits per heavy atom. The van der Waals surface area contributed by atoms with E-state index < -0.39 is 17.7 Å². The summed E-state index contributed by atoms with van der Waals surface area (Å²) < 4.78 is 47.8. The van der Waals surface area contributed by atoms with Crippen molar-refractivity contribution >= 4 is 22.9 Å². The molecule has 5 nitrogen and oxygen atoms in total. The number of nitrogens with one attached hydrogen (secondary N) is 1. The minimum Gasteiger partial charge on any atom is -0.351 e. The first-order valence-electron chi connectivity index (χ1n) is 10.8. The van der Waals surface area contributed by atoms with Gasteiger partial charge in [0.15, 0.2) is 5.11 Å². The van der Waals surface area contributed by atoms with Gasteiger partial charge < -0.3 is 14.7 Å². The number of allylic oxidation sites excluding steroid dienone is 1. The Labute approximate surface area is 204 Å². The second-order valence-corrected chi connectivity index (χ2v) is 8.43. The van der Waals surface area contributed by atoms with Crippen LogP contribution < -0.4 is 5.32 Å². The summed E-state index contributed by atoms with van der Waals surface area (Å²) in [6.45, 7) is 1.97. The van der Waals surface area contributed by atoms with Crippen LogP contribution in [0.1, 0.15) is 30.0 Å². The molecule has 1 aliphatic heterocycles. The summed E-state index contributed by atoms with van der Waals surface area (Å²) in [5.41, 5.74) is 2.68. The molecule has 1 unspecified atom stereocenters. The van der Waals surface area contributed by atoms with Gasteiger partial charge in [-0.15, -0.1) is 0 Å². The van der Waals surface area contributed by atoms with Crippen LogP contribution in [-0.2, 0) is 6.54 Å². The highest BCUT2D eigenvalue weighted by atomic mass is 32.1. The first-order valence-corrected chi connectivity index (χ1v) is 11.2. The number of aromatic nitrogens is 2. The van der Waals surface area contributed by atoms with E-state index >= 15 is 0 Å². The number of hydrogen-bond acceptors (Lipinski definition) is 4. The predicted molar refractivity (Wildman–Crippen MR) is 129 cm³/mol. The van der Waals surface area contributed by atoms with Gasteiger partial charge in [-0.1, -0.05) is 47.6 Å². The highest BCUT2D eigenvalue weighted by Gasteiger charge is 2.34. The molecule has 1 atom stereocenters. The Kier molecular flexibility index (Phi) is 6.08. The Morgan fingerprint density at radius 3 is 2.46 bits per heavy atom. The minimum absolute atomic E-state index is 0.157. The molecule has 0 amide bonds. The molecular weight excluding hydrogens is 473 g/mol. The van der Waals surface area contributed by atoms with E-state index in [9.17, 15) is 13.2 Å². The fraction of sp³-hybridized carbons (Fsp3) is 0.115. The van der Waals surface area contributed by atoms with Gasteiger partial charge in [0, 0.05) is 16.8 Å². The molecule has 2 heterocycles. The third kappa shape index (κ3) is 4.54. The lowest BCUT2D eigenvalue weighted by atomic mass is 9.94. The second kappa shape index (κ2) is 9.34. The van der Waals surface area contributed by atoms with Crippen molar-refractivity contribution in [1.29, 1.82) is 0 Å². The van der Waals surface area contributed by atoms with Gasteiger partial charge in [-0.3, -0.25) is 0 Å². The van der Waals surface area contributed by atoms with Crippen molar-refractivity contribution in [1.82, 2.24) is 20.4 Å². The number of halogens is 3. The molecule has 9 heteroatoms. The van der Waals surface area contributed by atoms with E-state index in [4.69, 9.17) is 16.7 Å². The SMILES string of the molecule is CC1=C(c2nc(-c3cccc(F)c3)no2)C(c2cccc(F)c2)NC(=S)N1Cc1ccccc1F. The first kappa shape index (κ1) is 22.8. The smallest absolute Gasteiger partial charge is 0.258 e. The molecule has 3 aromatic carbocycles. The fourth-order valence-corrected chi connectivity index (χ4v) is 4.38. The molecule has 4 aromatic rings. The number of nitrogens with zero attached hydrogens (tertiary/aromatic N) is 3. The van der Waals surface area contributed by atoms with Crippen LogP contribution in [0.5, 0.6) is 0 Å². The monoisotopic (exact) mass is 492 g/mol. The van der Waals surface area contributed by atoms with Crippen LogP contribution in [0, 0.1) is 17.5 Å². The third-order valence-electron chi connectivity index (χ3n) is 5.80. The van der Waals surface area contributed by atoms with Crippen molar-refractivity contribution in [2.45, 2.75) is 19.5 Å². The van der Waals surface area contributed by atoms with Crippen LogP contribution in [0.15, 0.2) is 83.0 Å². The average Bonchev–Trinajstić information content (AvgIpc) is 3.32. The molecule has 1 N–H and O–H groups in total. The summed E-state index contributed by atoms with van der Waals surface area (Å²) in [5.74, 6) is -0.839. The van der Waals surface area contributed by atoms with Crippen LogP contribution >= 0.6 is 12.2 Å². The standard InChI is InChI=1S/C26H19F3N4OS/c1-15-22(25-31-24(32-34-25)17-8-5-10-20(28)13-17)23(16-7-4-9-19(27)12-16)30-26(35)33(15)14-18-6-2-3-11-21(18)29/h2-13,23H,14H2,1H3,(H,30,35). The van der Waals surface area contributed by atoms with Crippen molar-refractivity contribution < 1.29 is 17.7 Å². The Hall–Kier alpha value is -3.98. The predicted octanol–water partition coefficient (Wildman–Crippen LogP) is 6.02. The van der Waals surface area contributed by atoms with Crippen molar-refractivity contribution in [3.05, 3.63) is 113 Å². The van der Waals surface area contributed by atoms with Crippen LogP contribution in [0.4, 0.5) is 13.2 Å². The Balaban J connectivity index is 1.62. The largest absolute Gasteiger partial charge is 0.351 e. The molecule has 176 valence electrons. The van der Waals surface area contributed by atoms with E-state index in [1.165, 1.54) is 30.3 Å². The molecule has 0 spiro atoms. The molecule has 0 fully saturated rings. The van der Waals surface area contributed by atoms with Crippen LogP contribution in [0.25, 0.3) is 17.0 Å². The molecule has 0 aliphatic carbocycles. The maximum absolute atomic E-state index is 14.4. The summed E-state index contributed by atoms with van der Waals surface area (Å²) in [6.07, 6.45) is 0. The Bertz CT molecular complexity index is 1450. The second-order valence-electron chi connectivity index (χ2n) is 8.05. The molecule has 5 rings (SSSR count). The molecule has 0 saturated heterocycles. The van der Waals surface area contributed by atoms with Crippen molar-refractivity contribution in [2.75, 3.05) is 0 Å². The van der Waals surface area contributed by atoms with Gasteiger partial charge in [0.1, 0.15) is 17.5 Å². The molecule has 1 aromatic heterocycles. The van der Waals surface area contributed by atoms with Crippen LogP contribution in [-0.4, -0.2) is 20.2 Å². The molecular formula is C26H19F3N4OS. The zero-order chi connectivity index (χ0) is 24.5. The van der Waals surface area contributed by atoms with Crippen molar-refractivity contribution in [3.8, 4) is 11.4 Å². The van der Waals surface area contributed by atoms with E-state index in [2.05, 4.69) is 15.5 Å². The van der Waals surface area contributed by atoms with E-state index in [-0.39, 0.29) is 24.1 Å². The number of thiocarbonyl (C=S) groups is 1. The maximum Gasteiger partial charge on any atom is 0.258 e. The fourth-order valence-electron chi connectivity index (χ4n) is 4.06. The van der Waals surface area contributed by atoms with Crippen molar-refractivity contribution in [2.24, 2.45) is 0 Å². The molecule has 35 heavy (non-hydrogen) atoms. The molecule has 1 aliphatic rings. The number of rotatable bonds is 5. The minimum atomic E-state index is -0.601. The summed E-state index contributed by atoms with van der Waals surface area (Å²) in [4.78, 5) is 6.22. The lowest BCUT2D eigenvalue weighted by Crippen LogP contribution is -2.45. The van der Waals surface area contributed by atoms with Gasteiger partial charge in [-0.25, -0.2) is 13.2 Å². The highest BCUT2D eigenvalue weighted by molar-refractivity contribution is 7.80. The molecule has 0 bridgehead atoms. The number of hydrogen-bond donors (Lipinski definition) is 1. The lowest BCUT2D eigenvalue weighted by Gasteiger charge is -2.37. The summed E-state index contributed by atoms with van der Waals surface area (Å²) in [7, 11) is 0. The van der Waals surface area contributed by atoms with Gasteiger partial charge in [-0.2, -0.15) is 4.98 Å². The van der Waals surface area contributed by atoms with E-state index in [1.54, 1.807) is 47.4 Å². The van der Waals surface area contributed by atoms with Gasteiger partial charge >= 0.3 is 0 Å². The van der Waals surface area contributed by atoms with E-state index in [0.29, 0.717) is 33.1 Å². The van der Waals surface area contributed by atoms with Crippen molar-refractivity contribution in [3.63, 3.8) is 0 Å². The normalized spacial score (nSPS) is 15.9. The van der Waals surface area contributed by atoms with Crippen LogP contribution in [0.3, 0.4) is 0 Å². The van der Waals surface area contributed by atoms with Gasteiger partial charge in [0.25, 0.3) is 5.89 Å². The van der Waals surface area contributed by atoms with Crippen LogP contribution in [0.2, 0.25) is 0 Å². The lowest BCUT2D eigenvalue weighted by molar-refractivity contribution is 0.395. The van der Waals surface area contributed by atoms with Gasteiger partial charge in [-0.05, 0) is 55.0 Å². The third-order valence-corrected chi connectivity index (χ3v) is 6.14. The summed E-state index contributed by atoms with van der Waals surface area (Å²) in [6, 6.07) is 17.8. The topological polar surface area (TPSA) is 54.2 Å². The van der Waals surface area contributed by atoms with Gasteiger partial charge in [0.05, 0.1) is 18.2 Å². The summed E-state index contributed by atoms with van der Waals surface area (Å²) >= 11 is 5.61. The molecule has 0 saturated carbocycles. The van der Waals surface area contributed by atoms with Gasteiger partial charge in [0.2, 0.25) is 5.82 Å². The first-order chi connectivity index (χ1) is 16.9. The van der Waals surface area contributed by atoms with E-state index in [0.717, 1.165) is 0 Å². The highest BCUT2D eigenvalue weighted by Crippen LogP contribution is 2.38. The number of benzene rings is 3. The van der Waals surface area contributed by atoms with E-state index in [1.807, 2.05) is 6.92 Å². The zero-order valence-corrected chi connectivity index (χ0v) is 19.3. The maximum atomic E-state index is 14.4. The summed E-state index contributed by atoms with van der Waals surface area (Å²) in [5, 5.41) is 7.58. The molecule has 0 radical (unpaired) electrons. The zero-order valence-electron chi connectivity index (χ0n) is 18.5. The average molecular weight is 493 g/mol. The Morgan fingerprint density at radius 2 is 1.71 bits per heavy atom.